The molecule has 90 valence electrons. The largest absolute Gasteiger partial charge is 0.371 e. The second-order valence-corrected chi connectivity index (χ2v) is 4.63. The van der Waals surface area contributed by atoms with E-state index in [4.69, 9.17) is 10.5 Å². The first-order chi connectivity index (χ1) is 7.45. The van der Waals surface area contributed by atoms with Gasteiger partial charge in [0.1, 0.15) is 5.82 Å². The monoisotopic (exact) mass is 225 g/mol. The topological polar surface area (TPSA) is 35.2 Å². The lowest BCUT2D eigenvalue weighted by molar-refractivity contribution is -0.0611. The molecule has 2 nitrogen and oxygen atoms in total. The van der Waals surface area contributed by atoms with Crippen LogP contribution < -0.4 is 5.73 Å². The molecule has 0 spiro atoms. The molecule has 0 aliphatic heterocycles. The molecule has 0 bridgehead atoms. The van der Waals surface area contributed by atoms with E-state index in [-0.39, 0.29) is 11.9 Å². The molecule has 0 heterocycles. The number of rotatable bonds is 5. The Morgan fingerprint density at radius 1 is 1.44 bits per heavy atom. The summed E-state index contributed by atoms with van der Waals surface area (Å²) in [6.07, 6.45) is 0.738. The summed E-state index contributed by atoms with van der Waals surface area (Å²) in [6.45, 7) is 6.32. The zero-order valence-corrected chi connectivity index (χ0v) is 10.2. The number of benzene rings is 1. The lowest BCUT2D eigenvalue weighted by Crippen LogP contribution is -2.41. The fourth-order valence-electron chi connectivity index (χ4n) is 1.81. The van der Waals surface area contributed by atoms with Crippen molar-refractivity contribution in [2.75, 3.05) is 6.54 Å². The zero-order valence-electron chi connectivity index (χ0n) is 10.2. The fourth-order valence-corrected chi connectivity index (χ4v) is 1.81. The number of ether oxygens (including phenoxy) is 1. The molecule has 1 atom stereocenters. The average molecular weight is 225 g/mol. The van der Waals surface area contributed by atoms with Crippen LogP contribution in [0.4, 0.5) is 4.39 Å². The van der Waals surface area contributed by atoms with Crippen molar-refractivity contribution >= 4 is 0 Å². The van der Waals surface area contributed by atoms with Crippen molar-refractivity contribution in [3.05, 3.63) is 35.6 Å². The van der Waals surface area contributed by atoms with Gasteiger partial charge in [0.2, 0.25) is 0 Å². The molecule has 0 amide bonds. The molecule has 1 rings (SSSR count). The van der Waals surface area contributed by atoms with Crippen LogP contribution in [0.5, 0.6) is 0 Å². The molecule has 0 aliphatic carbocycles. The maximum absolute atomic E-state index is 13.0. The molecule has 16 heavy (non-hydrogen) atoms. The van der Waals surface area contributed by atoms with Crippen molar-refractivity contribution < 1.29 is 9.13 Å². The van der Waals surface area contributed by atoms with E-state index in [1.807, 2.05) is 26.8 Å². The Hall–Kier alpha value is -0.930. The van der Waals surface area contributed by atoms with Gasteiger partial charge >= 0.3 is 0 Å². The first-order valence-corrected chi connectivity index (χ1v) is 5.57. The molecular formula is C13H20FNO. The van der Waals surface area contributed by atoms with Crippen molar-refractivity contribution in [1.82, 2.24) is 0 Å². The van der Waals surface area contributed by atoms with Gasteiger partial charge in [0.15, 0.2) is 0 Å². The minimum absolute atomic E-state index is 0.113. The third-order valence-electron chi connectivity index (χ3n) is 2.42. The molecule has 0 aromatic heterocycles. The summed E-state index contributed by atoms with van der Waals surface area (Å²) >= 11 is 0. The van der Waals surface area contributed by atoms with E-state index >= 15 is 0 Å². The Kier molecular flexibility index (Phi) is 4.44. The predicted molar refractivity (Wildman–Crippen MR) is 63.8 cm³/mol. The smallest absolute Gasteiger partial charge is 0.123 e. The quantitative estimate of drug-likeness (QED) is 0.835. The van der Waals surface area contributed by atoms with Crippen LogP contribution in [0.25, 0.3) is 0 Å². The zero-order chi connectivity index (χ0) is 12.2. The van der Waals surface area contributed by atoms with E-state index in [9.17, 15) is 4.39 Å². The van der Waals surface area contributed by atoms with Crippen LogP contribution in [-0.4, -0.2) is 18.2 Å². The van der Waals surface area contributed by atoms with Crippen molar-refractivity contribution in [3.8, 4) is 0 Å². The van der Waals surface area contributed by atoms with Crippen molar-refractivity contribution in [3.63, 3.8) is 0 Å². The van der Waals surface area contributed by atoms with Gasteiger partial charge in [-0.05, 0) is 38.5 Å². The van der Waals surface area contributed by atoms with Gasteiger partial charge in [0, 0.05) is 13.0 Å². The summed E-state index contributed by atoms with van der Waals surface area (Å²) in [5.41, 5.74) is 6.20. The van der Waals surface area contributed by atoms with Gasteiger partial charge in [-0.1, -0.05) is 12.1 Å². The number of halogens is 1. The highest BCUT2D eigenvalue weighted by atomic mass is 19.1. The minimum atomic E-state index is -0.429. The highest BCUT2D eigenvalue weighted by Gasteiger charge is 2.25. The van der Waals surface area contributed by atoms with Crippen molar-refractivity contribution in [1.29, 1.82) is 0 Å². The summed E-state index contributed by atoms with van der Waals surface area (Å²) < 4.78 is 18.8. The molecular weight excluding hydrogens is 205 g/mol. The lowest BCUT2D eigenvalue weighted by atomic mass is 9.96. The van der Waals surface area contributed by atoms with Gasteiger partial charge in [-0.3, -0.25) is 0 Å². The Balaban J connectivity index is 2.76. The molecule has 0 aliphatic rings. The van der Waals surface area contributed by atoms with Crippen LogP contribution in [0, 0.1) is 5.82 Å². The van der Waals surface area contributed by atoms with Crippen LogP contribution in [0.3, 0.4) is 0 Å². The van der Waals surface area contributed by atoms with Gasteiger partial charge < -0.3 is 10.5 Å². The third-order valence-corrected chi connectivity index (χ3v) is 2.42. The highest BCUT2D eigenvalue weighted by Crippen LogP contribution is 2.19. The Labute approximate surface area is 96.6 Å². The first-order valence-electron chi connectivity index (χ1n) is 5.57. The molecule has 0 saturated carbocycles. The summed E-state index contributed by atoms with van der Waals surface area (Å²) in [6, 6.07) is 6.56. The number of nitrogens with two attached hydrogens (primary N) is 1. The van der Waals surface area contributed by atoms with E-state index in [1.54, 1.807) is 6.07 Å². The number of hydrogen-bond donors (Lipinski definition) is 1. The summed E-state index contributed by atoms with van der Waals surface area (Å²) in [4.78, 5) is 0. The van der Waals surface area contributed by atoms with E-state index in [2.05, 4.69) is 0 Å². The second-order valence-electron chi connectivity index (χ2n) is 4.63. The fraction of sp³-hybridized carbons (Fsp3) is 0.538. The number of hydrogen-bond acceptors (Lipinski definition) is 2. The average Bonchev–Trinajstić information content (AvgIpc) is 2.16. The van der Waals surface area contributed by atoms with E-state index in [0.29, 0.717) is 13.0 Å². The minimum Gasteiger partial charge on any atom is -0.371 e. The van der Waals surface area contributed by atoms with E-state index in [0.717, 1.165) is 5.56 Å². The SMILES string of the molecule is CC(C)OC(C)(CN)Cc1cccc(F)c1. The van der Waals surface area contributed by atoms with Crippen molar-refractivity contribution in [2.45, 2.75) is 38.9 Å². The van der Waals surface area contributed by atoms with E-state index < -0.39 is 5.60 Å². The van der Waals surface area contributed by atoms with Crippen LogP contribution in [0.15, 0.2) is 24.3 Å². The molecule has 0 fully saturated rings. The molecule has 1 unspecified atom stereocenters. The van der Waals surface area contributed by atoms with Crippen LogP contribution >= 0.6 is 0 Å². The third kappa shape index (κ3) is 3.91. The molecule has 0 radical (unpaired) electrons. The standard InChI is InChI=1S/C13H20FNO/c1-10(2)16-13(3,9-15)8-11-5-4-6-12(14)7-11/h4-7,10H,8-9,15H2,1-3H3. The molecule has 1 aromatic rings. The Morgan fingerprint density at radius 2 is 2.12 bits per heavy atom. The molecule has 3 heteroatoms. The maximum Gasteiger partial charge on any atom is 0.123 e. The van der Waals surface area contributed by atoms with Crippen LogP contribution in [0.1, 0.15) is 26.3 Å². The molecule has 0 saturated heterocycles. The Bertz CT molecular complexity index is 340. The predicted octanol–water partition coefficient (Wildman–Crippen LogP) is 2.51. The van der Waals surface area contributed by atoms with E-state index in [1.165, 1.54) is 12.1 Å². The van der Waals surface area contributed by atoms with Gasteiger partial charge in [-0.15, -0.1) is 0 Å². The van der Waals surface area contributed by atoms with Gasteiger partial charge in [-0.2, -0.15) is 0 Å². The van der Waals surface area contributed by atoms with Gasteiger partial charge in [-0.25, -0.2) is 4.39 Å². The normalized spacial score (nSPS) is 15.1. The maximum atomic E-state index is 13.0. The van der Waals surface area contributed by atoms with Crippen LogP contribution in [-0.2, 0) is 11.2 Å². The molecule has 1 aromatic carbocycles. The van der Waals surface area contributed by atoms with Gasteiger partial charge in [0.25, 0.3) is 0 Å². The Morgan fingerprint density at radius 3 is 2.62 bits per heavy atom. The highest BCUT2D eigenvalue weighted by molar-refractivity contribution is 5.18. The molecule has 2 N–H and O–H groups in total. The van der Waals surface area contributed by atoms with Gasteiger partial charge in [0.05, 0.1) is 11.7 Å². The summed E-state index contributed by atoms with van der Waals surface area (Å²) in [5, 5.41) is 0. The second kappa shape index (κ2) is 5.41. The summed E-state index contributed by atoms with van der Waals surface area (Å²) in [7, 11) is 0. The van der Waals surface area contributed by atoms with Crippen LogP contribution in [0.2, 0.25) is 0 Å². The lowest BCUT2D eigenvalue weighted by Gasteiger charge is -2.30. The summed E-state index contributed by atoms with van der Waals surface area (Å²) in [5.74, 6) is -0.221. The van der Waals surface area contributed by atoms with Crippen molar-refractivity contribution in [2.24, 2.45) is 5.73 Å². The first kappa shape index (κ1) is 13.1.